The second-order valence-electron chi connectivity index (χ2n) is 2.93. The van der Waals surface area contributed by atoms with Crippen molar-refractivity contribution in [2.45, 2.75) is 12.5 Å². The van der Waals surface area contributed by atoms with Crippen molar-refractivity contribution >= 4 is 49.2 Å². The zero-order valence-corrected chi connectivity index (χ0v) is 11.7. The lowest BCUT2D eigenvalue weighted by molar-refractivity contribution is -0.141. The van der Waals surface area contributed by atoms with E-state index in [1.165, 1.54) is 4.90 Å². The predicted molar refractivity (Wildman–Crippen MR) is 73.9 cm³/mol. The van der Waals surface area contributed by atoms with Crippen LogP contribution in [0.15, 0.2) is 0 Å². The lowest BCUT2D eigenvalue weighted by atomic mass is 10.2. The Hall–Kier alpha value is -0.240. The molecule has 0 spiro atoms. The molecule has 0 rings (SSSR count). The number of carboxylic acids is 1. The molecule has 0 aliphatic carbocycles. The highest BCUT2D eigenvalue weighted by atomic mass is 35.5. The van der Waals surface area contributed by atoms with Gasteiger partial charge in [0.25, 0.3) is 0 Å². The van der Waals surface area contributed by atoms with Gasteiger partial charge in [-0.3, -0.25) is 5.41 Å². The Labute approximate surface area is 118 Å². The number of nitrogens with two attached hydrogens (primary N) is 1. The number of carbonyl (C=O) groups is 1. The van der Waals surface area contributed by atoms with Crippen LogP contribution in [-0.4, -0.2) is 53.4 Å². The molecule has 0 aromatic rings. The molecule has 1 unspecified atom stereocenters. The number of thiol groups is 1. The van der Waals surface area contributed by atoms with E-state index in [0.29, 0.717) is 5.75 Å². The minimum absolute atomic E-state index is 0. The summed E-state index contributed by atoms with van der Waals surface area (Å²) in [6.45, 7) is -0.650. The van der Waals surface area contributed by atoms with Crippen LogP contribution in [0.2, 0.25) is 0 Å². The van der Waals surface area contributed by atoms with Crippen molar-refractivity contribution in [1.82, 2.24) is 4.90 Å². The summed E-state index contributed by atoms with van der Waals surface area (Å²) in [7, 11) is 0. The molecule has 0 bridgehead atoms. The average Bonchev–Trinajstić information content (AvgIpc) is 2.21. The predicted octanol–water partition coefficient (Wildman–Crippen LogP) is 0.811. The minimum atomic E-state index is -1.09. The maximum Gasteiger partial charge on any atom is 0.326 e. The molecule has 104 valence electrons. The second kappa shape index (κ2) is 12.2. The standard InChI is InChI=1S/C8H16FN3O2S.2ClH/c9-5-7(11)12(3-2-10)6(1-4-15)8(13)14;;/h6,11,15H,1-5,10H2,(H,13,14);2*1H. The van der Waals surface area contributed by atoms with Gasteiger partial charge in [0.2, 0.25) is 0 Å². The van der Waals surface area contributed by atoms with Crippen molar-refractivity contribution in [3.8, 4) is 0 Å². The molecule has 0 aliphatic heterocycles. The summed E-state index contributed by atoms with van der Waals surface area (Å²) < 4.78 is 12.3. The molecule has 5 nitrogen and oxygen atoms in total. The quantitative estimate of drug-likeness (QED) is 0.318. The van der Waals surface area contributed by atoms with E-state index in [0.717, 1.165) is 0 Å². The Balaban J connectivity index is -0.000000980. The zero-order valence-electron chi connectivity index (χ0n) is 9.13. The Morgan fingerprint density at radius 2 is 2.06 bits per heavy atom. The molecule has 1 atom stereocenters. The Bertz CT molecular complexity index is 237. The SMILES string of the molecule is Cl.Cl.N=C(CF)N(CCN)C(CCS)C(=O)O. The van der Waals surface area contributed by atoms with Crippen LogP contribution in [0.3, 0.4) is 0 Å². The summed E-state index contributed by atoms with van der Waals surface area (Å²) in [4.78, 5) is 12.1. The molecule has 0 aromatic heterocycles. The lowest BCUT2D eigenvalue weighted by Crippen LogP contribution is -2.48. The Morgan fingerprint density at radius 1 is 1.53 bits per heavy atom. The molecule has 0 amide bonds. The number of alkyl halides is 1. The Morgan fingerprint density at radius 3 is 2.35 bits per heavy atom. The van der Waals surface area contributed by atoms with Crippen LogP contribution >= 0.6 is 37.4 Å². The van der Waals surface area contributed by atoms with Gasteiger partial charge in [0.15, 0.2) is 0 Å². The van der Waals surface area contributed by atoms with Crippen molar-refractivity contribution < 1.29 is 14.3 Å². The van der Waals surface area contributed by atoms with Gasteiger partial charge in [0.05, 0.1) is 0 Å². The van der Waals surface area contributed by atoms with Crippen LogP contribution in [0.4, 0.5) is 4.39 Å². The van der Waals surface area contributed by atoms with Crippen LogP contribution in [0.5, 0.6) is 0 Å². The number of amidine groups is 1. The van der Waals surface area contributed by atoms with E-state index in [9.17, 15) is 9.18 Å². The molecular weight excluding hydrogens is 292 g/mol. The van der Waals surface area contributed by atoms with Crippen molar-refractivity contribution in [2.24, 2.45) is 5.73 Å². The number of halogens is 3. The van der Waals surface area contributed by atoms with Crippen LogP contribution in [-0.2, 0) is 4.79 Å². The molecule has 4 N–H and O–H groups in total. The van der Waals surface area contributed by atoms with E-state index in [1.807, 2.05) is 0 Å². The van der Waals surface area contributed by atoms with Gasteiger partial charge in [-0.05, 0) is 12.2 Å². The summed E-state index contributed by atoms with van der Waals surface area (Å²) >= 11 is 3.93. The van der Waals surface area contributed by atoms with Crippen LogP contribution in [0, 0.1) is 5.41 Å². The van der Waals surface area contributed by atoms with E-state index in [4.69, 9.17) is 16.2 Å². The molecular formula is C8H18Cl2FN3O2S. The summed E-state index contributed by atoms with van der Waals surface area (Å²) in [6, 6.07) is -0.922. The first-order chi connectivity index (χ1) is 7.08. The number of hydrogen-bond acceptors (Lipinski definition) is 4. The summed E-state index contributed by atoms with van der Waals surface area (Å²) in [5, 5.41) is 16.2. The minimum Gasteiger partial charge on any atom is -0.480 e. The van der Waals surface area contributed by atoms with Crippen molar-refractivity contribution in [3.63, 3.8) is 0 Å². The molecule has 9 heteroatoms. The first-order valence-corrected chi connectivity index (χ1v) is 5.15. The van der Waals surface area contributed by atoms with Gasteiger partial charge in [0, 0.05) is 13.1 Å². The first-order valence-electron chi connectivity index (χ1n) is 4.52. The number of rotatable bonds is 7. The largest absolute Gasteiger partial charge is 0.480 e. The van der Waals surface area contributed by atoms with Crippen molar-refractivity contribution in [2.75, 3.05) is 25.5 Å². The fraction of sp³-hybridized carbons (Fsp3) is 0.750. The normalized spacial score (nSPS) is 10.8. The molecule has 0 saturated carbocycles. The summed E-state index contributed by atoms with van der Waals surface area (Å²) in [5.41, 5.74) is 5.28. The number of hydrogen-bond donors (Lipinski definition) is 4. The van der Waals surface area contributed by atoms with Crippen LogP contribution < -0.4 is 5.73 Å². The van der Waals surface area contributed by atoms with Crippen molar-refractivity contribution in [1.29, 1.82) is 5.41 Å². The van der Waals surface area contributed by atoms with Crippen molar-refractivity contribution in [3.05, 3.63) is 0 Å². The number of aliphatic carboxylic acids is 1. The molecule has 0 aromatic carbocycles. The second-order valence-corrected chi connectivity index (χ2v) is 3.38. The smallest absolute Gasteiger partial charge is 0.326 e. The van der Waals surface area contributed by atoms with E-state index < -0.39 is 18.7 Å². The highest BCUT2D eigenvalue weighted by Crippen LogP contribution is 2.07. The number of nitrogens with zero attached hydrogens (tertiary/aromatic N) is 1. The maximum absolute atomic E-state index is 12.3. The van der Waals surface area contributed by atoms with Crippen LogP contribution in [0.25, 0.3) is 0 Å². The maximum atomic E-state index is 12.3. The summed E-state index contributed by atoms with van der Waals surface area (Å²) in [5.74, 6) is -1.08. The monoisotopic (exact) mass is 309 g/mol. The van der Waals surface area contributed by atoms with E-state index >= 15 is 0 Å². The topological polar surface area (TPSA) is 90.4 Å². The molecule has 0 heterocycles. The average molecular weight is 310 g/mol. The summed E-state index contributed by atoms with van der Waals surface area (Å²) in [6.07, 6.45) is 0.251. The molecule has 0 saturated heterocycles. The van der Waals surface area contributed by atoms with Gasteiger partial charge in [-0.1, -0.05) is 0 Å². The van der Waals surface area contributed by atoms with Gasteiger partial charge in [-0.15, -0.1) is 24.8 Å². The fourth-order valence-electron chi connectivity index (χ4n) is 1.23. The molecule has 0 fully saturated rings. The van der Waals surface area contributed by atoms with Gasteiger partial charge in [-0.2, -0.15) is 12.6 Å². The zero-order chi connectivity index (χ0) is 11.8. The van der Waals surface area contributed by atoms with Crippen LogP contribution in [0.1, 0.15) is 6.42 Å². The highest BCUT2D eigenvalue weighted by Gasteiger charge is 2.26. The van der Waals surface area contributed by atoms with Gasteiger partial charge < -0.3 is 15.7 Å². The fourth-order valence-corrected chi connectivity index (χ4v) is 1.47. The number of nitrogens with one attached hydrogen (secondary N) is 1. The van der Waals surface area contributed by atoms with Gasteiger partial charge in [-0.25, -0.2) is 9.18 Å². The third kappa shape index (κ3) is 7.64. The molecule has 0 aliphatic rings. The molecule has 0 radical (unpaired) electrons. The first kappa shape index (κ1) is 22.0. The lowest BCUT2D eigenvalue weighted by Gasteiger charge is -2.29. The van der Waals surface area contributed by atoms with E-state index in [1.54, 1.807) is 0 Å². The number of carboxylic acid groups (broad SMARTS) is 1. The third-order valence-corrected chi connectivity index (χ3v) is 2.17. The molecule has 17 heavy (non-hydrogen) atoms. The van der Waals surface area contributed by atoms with Gasteiger partial charge in [0.1, 0.15) is 18.6 Å². The van der Waals surface area contributed by atoms with E-state index in [-0.39, 0.29) is 50.2 Å². The third-order valence-electron chi connectivity index (χ3n) is 1.91. The Kier molecular flexibility index (Phi) is 15.8. The van der Waals surface area contributed by atoms with Gasteiger partial charge >= 0.3 is 5.97 Å². The van der Waals surface area contributed by atoms with E-state index in [2.05, 4.69) is 12.6 Å². The highest BCUT2D eigenvalue weighted by molar-refractivity contribution is 7.80.